The maximum Gasteiger partial charge on any atom is 0.261 e. The number of benzene rings is 2. The van der Waals surface area contributed by atoms with Crippen molar-refractivity contribution in [1.29, 1.82) is 0 Å². The minimum absolute atomic E-state index is 0.201. The molecule has 6 nitrogen and oxygen atoms in total. The van der Waals surface area contributed by atoms with Gasteiger partial charge in [-0.25, -0.2) is 8.42 Å². The molecule has 0 unspecified atom stereocenters. The van der Waals surface area contributed by atoms with Crippen molar-refractivity contribution in [3.05, 3.63) is 59.2 Å². The van der Waals surface area contributed by atoms with E-state index in [1.807, 2.05) is 27.7 Å². The molecule has 2 aromatic carbocycles. The molecule has 0 fully saturated rings. The van der Waals surface area contributed by atoms with Crippen LogP contribution in [0.25, 0.3) is 0 Å². The molecule has 0 bridgehead atoms. The van der Waals surface area contributed by atoms with Crippen molar-refractivity contribution in [2.24, 2.45) is 5.73 Å². The molecule has 1 amide bonds. The second-order valence-electron chi connectivity index (χ2n) is 6.97. The summed E-state index contributed by atoms with van der Waals surface area (Å²) in [5.41, 5.74) is 7.85. The summed E-state index contributed by atoms with van der Waals surface area (Å²) in [6, 6.07) is 11.2. The lowest BCUT2D eigenvalue weighted by molar-refractivity contribution is 0.0915. The molecule has 0 radical (unpaired) electrons. The number of hydrogen-bond donors (Lipinski definition) is 3. The molecule has 0 aromatic heterocycles. The summed E-state index contributed by atoms with van der Waals surface area (Å²) >= 11 is 0. The van der Waals surface area contributed by atoms with E-state index >= 15 is 0 Å². The molecule has 0 saturated heterocycles. The largest absolute Gasteiger partial charge is 0.346 e. The third-order valence-electron chi connectivity index (χ3n) is 4.15. The average Bonchev–Trinajstić information content (AvgIpc) is 2.57. The zero-order valence-electron chi connectivity index (χ0n) is 15.5. The first-order valence-electron chi connectivity index (χ1n) is 8.27. The normalized spacial score (nSPS) is 11.9. The van der Waals surface area contributed by atoms with E-state index in [0.29, 0.717) is 17.8 Å². The monoisotopic (exact) mass is 375 g/mol. The number of nitrogens with one attached hydrogen (secondary N) is 2. The van der Waals surface area contributed by atoms with Gasteiger partial charge in [-0.1, -0.05) is 6.07 Å². The Morgan fingerprint density at radius 3 is 2.19 bits per heavy atom. The number of nitrogens with two attached hydrogens (primary N) is 1. The van der Waals surface area contributed by atoms with E-state index < -0.39 is 15.6 Å². The van der Waals surface area contributed by atoms with Crippen LogP contribution in [0, 0.1) is 13.8 Å². The van der Waals surface area contributed by atoms with Gasteiger partial charge in [0.05, 0.1) is 4.90 Å². The highest BCUT2D eigenvalue weighted by Crippen LogP contribution is 2.19. The number of hydrogen-bond acceptors (Lipinski definition) is 4. The lowest BCUT2D eigenvalue weighted by atomic mass is 10.1. The Hall–Kier alpha value is -2.38. The van der Waals surface area contributed by atoms with Crippen molar-refractivity contribution in [3.63, 3.8) is 0 Å². The summed E-state index contributed by atoms with van der Waals surface area (Å²) < 4.78 is 27.5. The van der Waals surface area contributed by atoms with E-state index in [0.717, 1.165) is 11.1 Å². The molecule has 0 aliphatic heterocycles. The molecule has 26 heavy (non-hydrogen) atoms. The summed E-state index contributed by atoms with van der Waals surface area (Å²) in [5, 5.41) is 2.82. The van der Waals surface area contributed by atoms with Gasteiger partial charge in [0, 0.05) is 23.3 Å². The second kappa shape index (κ2) is 7.47. The Labute approximate surface area is 154 Å². The van der Waals surface area contributed by atoms with Gasteiger partial charge in [-0.05, 0) is 75.2 Å². The van der Waals surface area contributed by atoms with Crippen LogP contribution in [-0.2, 0) is 10.0 Å². The zero-order valence-corrected chi connectivity index (χ0v) is 16.3. The standard InChI is InChI=1S/C19H25N3O3S/c1-13-5-10-17(11-14(13)2)26(24,25)22-16-8-6-15(7-9-16)18(23)21-19(3,4)12-20/h5-11,22H,12,20H2,1-4H3,(H,21,23). The van der Waals surface area contributed by atoms with Crippen LogP contribution < -0.4 is 15.8 Å². The molecule has 0 saturated carbocycles. The van der Waals surface area contributed by atoms with E-state index in [1.165, 1.54) is 0 Å². The van der Waals surface area contributed by atoms with E-state index in [9.17, 15) is 13.2 Å². The van der Waals surface area contributed by atoms with E-state index in [2.05, 4.69) is 10.0 Å². The molecule has 0 heterocycles. The number of carbonyl (C=O) groups is 1. The highest BCUT2D eigenvalue weighted by molar-refractivity contribution is 7.92. The van der Waals surface area contributed by atoms with Crippen LogP contribution in [0.1, 0.15) is 35.3 Å². The molecule has 0 spiro atoms. The van der Waals surface area contributed by atoms with Crippen LogP contribution in [0.3, 0.4) is 0 Å². The van der Waals surface area contributed by atoms with E-state index in [1.54, 1.807) is 42.5 Å². The Bertz CT molecular complexity index is 904. The predicted octanol–water partition coefficient (Wildman–Crippen LogP) is 2.57. The lowest BCUT2D eigenvalue weighted by Crippen LogP contribution is -2.48. The Balaban J connectivity index is 2.15. The molecule has 4 N–H and O–H groups in total. The number of rotatable bonds is 6. The third kappa shape index (κ3) is 4.83. The fourth-order valence-corrected chi connectivity index (χ4v) is 3.36. The van der Waals surface area contributed by atoms with Gasteiger partial charge in [0.2, 0.25) is 0 Å². The fraction of sp³-hybridized carbons (Fsp3) is 0.316. The summed E-state index contributed by atoms with van der Waals surface area (Å²) in [6.07, 6.45) is 0. The lowest BCUT2D eigenvalue weighted by Gasteiger charge is -2.24. The maximum atomic E-state index is 12.5. The quantitative estimate of drug-likeness (QED) is 0.722. The highest BCUT2D eigenvalue weighted by Gasteiger charge is 2.19. The van der Waals surface area contributed by atoms with Crippen molar-refractivity contribution in [2.75, 3.05) is 11.3 Å². The van der Waals surface area contributed by atoms with Gasteiger partial charge in [0.1, 0.15) is 0 Å². The minimum Gasteiger partial charge on any atom is -0.346 e. The molecule has 2 rings (SSSR count). The summed E-state index contributed by atoms with van der Waals surface area (Å²) in [6.45, 7) is 7.76. The average molecular weight is 375 g/mol. The van der Waals surface area contributed by atoms with Crippen LogP contribution in [0.2, 0.25) is 0 Å². The predicted molar refractivity (Wildman–Crippen MR) is 104 cm³/mol. The van der Waals surface area contributed by atoms with Crippen LogP contribution in [0.5, 0.6) is 0 Å². The topological polar surface area (TPSA) is 101 Å². The first-order valence-corrected chi connectivity index (χ1v) is 9.75. The van der Waals surface area contributed by atoms with Crippen molar-refractivity contribution >= 4 is 21.6 Å². The maximum absolute atomic E-state index is 12.5. The van der Waals surface area contributed by atoms with Gasteiger partial charge in [-0.3, -0.25) is 9.52 Å². The third-order valence-corrected chi connectivity index (χ3v) is 5.53. The molecule has 0 atom stereocenters. The molecule has 2 aromatic rings. The Kier molecular flexibility index (Phi) is 5.73. The van der Waals surface area contributed by atoms with Crippen molar-refractivity contribution in [2.45, 2.75) is 38.1 Å². The molecule has 140 valence electrons. The summed E-state index contributed by atoms with van der Waals surface area (Å²) in [5.74, 6) is -0.260. The van der Waals surface area contributed by atoms with Crippen molar-refractivity contribution < 1.29 is 13.2 Å². The molecular weight excluding hydrogens is 350 g/mol. The highest BCUT2D eigenvalue weighted by atomic mass is 32.2. The van der Waals surface area contributed by atoms with Crippen LogP contribution in [0.15, 0.2) is 47.4 Å². The smallest absolute Gasteiger partial charge is 0.261 e. The Morgan fingerprint density at radius 2 is 1.65 bits per heavy atom. The SMILES string of the molecule is Cc1ccc(S(=O)(=O)Nc2ccc(C(=O)NC(C)(C)CN)cc2)cc1C. The van der Waals surface area contributed by atoms with Crippen molar-refractivity contribution in [3.8, 4) is 0 Å². The van der Waals surface area contributed by atoms with Gasteiger partial charge in [-0.15, -0.1) is 0 Å². The van der Waals surface area contributed by atoms with Gasteiger partial charge >= 0.3 is 0 Å². The molecular formula is C19H25N3O3S. The van der Waals surface area contributed by atoms with Crippen LogP contribution in [-0.4, -0.2) is 26.4 Å². The van der Waals surface area contributed by atoms with Crippen molar-refractivity contribution in [1.82, 2.24) is 5.32 Å². The number of anilines is 1. The summed E-state index contributed by atoms with van der Waals surface area (Å²) in [7, 11) is -3.69. The number of amides is 1. The van der Waals surface area contributed by atoms with E-state index in [4.69, 9.17) is 5.73 Å². The first kappa shape index (κ1) is 19.9. The fourth-order valence-electron chi connectivity index (χ4n) is 2.22. The number of aryl methyl sites for hydroxylation is 2. The molecule has 0 aliphatic rings. The number of carbonyl (C=O) groups excluding carboxylic acids is 1. The van der Waals surface area contributed by atoms with Crippen LogP contribution >= 0.6 is 0 Å². The Morgan fingerprint density at radius 1 is 1.04 bits per heavy atom. The van der Waals surface area contributed by atoms with Gasteiger partial charge in [-0.2, -0.15) is 0 Å². The minimum atomic E-state index is -3.69. The second-order valence-corrected chi connectivity index (χ2v) is 8.65. The first-order chi connectivity index (χ1) is 12.0. The van der Waals surface area contributed by atoms with Gasteiger partial charge in [0.15, 0.2) is 0 Å². The summed E-state index contributed by atoms with van der Waals surface area (Å²) in [4.78, 5) is 12.4. The van der Waals surface area contributed by atoms with E-state index in [-0.39, 0.29) is 10.8 Å². The molecule has 0 aliphatic carbocycles. The number of sulfonamides is 1. The van der Waals surface area contributed by atoms with Gasteiger partial charge < -0.3 is 11.1 Å². The zero-order chi connectivity index (χ0) is 19.5. The van der Waals surface area contributed by atoms with Gasteiger partial charge in [0.25, 0.3) is 15.9 Å². The molecule has 7 heteroatoms. The van der Waals surface area contributed by atoms with Crippen LogP contribution in [0.4, 0.5) is 5.69 Å².